The normalized spacial score (nSPS) is 10.5. The maximum absolute atomic E-state index is 4.42. The minimum atomic E-state index is 0.924. The number of nitrogens with zero attached hydrogens (tertiary/aromatic N) is 3. The molecule has 0 unspecified atom stereocenters. The Morgan fingerprint density at radius 1 is 1.29 bits per heavy atom. The van der Waals surface area contributed by atoms with E-state index < -0.39 is 0 Å². The number of rotatable bonds is 1. The van der Waals surface area contributed by atoms with E-state index in [2.05, 4.69) is 10.1 Å². The summed E-state index contributed by atoms with van der Waals surface area (Å²) in [7, 11) is 0. The molecule has 0 saturated heterocycles. The third-order valence-electron chi connectivity index (χ3n) is 2.00. The average molecular weight is 187 g/mol. The Labute approximate surface area is 83.1 Å². The standard InChI is InChI=1S/C11H13N3/c1-8(2)13-14-9(3)12-10-6-4-5-7-11(10)14/h4-7H,1-3H3. The smallest absolute Gasteiger partial charge is 0.128 e. The Bertz CT molecular complexity index is 490. The fourth-order valence-electron chi connectivity index (χ4n) is 1.46. The van der Waals surface area contributed by atoms with E-state index in [-0.39, 0.29) is 0 Å². The van der Waals surface area contributed by atoms with E-state index in [4.69, 9.17) is 0 Å². The van der Waals surface area contributed by atoms with E-state index in [0.29, 0.717) is 0 Å². The number of para-hydroxylation sites is 2. The summed E-state index contributed by atoms with van der Waals surface area (Å²) in [6, 6.07) is 8.02. The van der Waals surface area contributed by atoms with Crippen LogP contribution in [0.3, 0.4) is 0 Å². The number of aromatic nitrogens is 2. The molecule has 0 aliphatic heterocycles. The molecular formula is C11H13N3. The lowest BCUT2D eigenvalue weighted by Gasteiger charge is -1.98. The summed E-state index contributed by atoms with van der Waals surface area (Å²) in [5.74, 6) is 0.924. The predicted molar refractivity (Wildman–Crippen MR) is 58.7 cm³/mol. The monoisotopic (exact) mass is 187 g/mol. The first-order chi connectivity index (χ1) is 6.68. The van der Waals surface area contributed by atoms with Crippen molar-refractivity contribution in [2.24, 2.45) is 5.10 Å². The second kappa shape index (κ2) is 3.25. The Kier molecular flexibility index (Phi) is 2.08. The zero-order chi connectivity index (χ0) is 10.1. The van der Waals surface area contributed by atoms with Crippen LogP contribution in [0.25, 0.3) is 11.0 Å². The molecule has 1 aromatic heterocycles. The van der Waals surface area contributed by atoms with Gasteiger partial charge >= 0.3 is 0 Å². The van der Waals surface area contributed by atoms with Crippen LogP contribution in [0.4, 0.5) is 0 Å². The lowest BCUT2D eigenvalue weighted by atomic mass is 10.3. The zero-order valence-electron chi connectivity index (χ0n) is 8.65. The number of imidazole rings is 1. The highest BCUT2D eigenvalue weighted by Crippen LogP contribution is 2.14. The van der Waals surface area contributed by atoms with Gasteiger partial charge in [0.25, 0.3) is 0 Å². The van der Waals surface area contributed by atoms with Crippen LogP contribution >= 0.6 is 0 Å². The average Bonchev–Trinajstić information content (AvgIpc) is 2.43. The third-order valence-corrected chi connectivity index (χ3v) is 2.00. The fraction of sp³-hybridized carbons (Fsp3) is 0.273. The molecule has 0 radical (unpaired) electrons. The summed E-state index contributed by atoms with van der Waals surface area (Å²) >= 11 is 0. The topological polar surface area (TPSA) is 30.2 Å². The van der Waals surface area contributed by atoms with Crippen LogP contribution in [0.5, 0.6) is 0 Å². The summed E-state index contributed by atoms with van der Waals surface area (Å²) in [6.45, 7) is 5.93. The highest BCUT2D eigenvalue weighted by Gasteiger charge is 2.04. The highest BCUT2D eigenvalue weighted by molar-refractivity contribution is 5.81. The van der Waals surface area contributed by atoms with Gasteiger partial charge in [0.05, 0.1) is 11.0 Å². The first-order valence-electron chi connectivity index (χ1n) is 4.65. The Morgan fingerprint density at radius 2 is 2.00 bits per heavy atom. The zero-order valence-corrected chi connectivity index (χ0v) is 8.65. The number of benzene rings is 1. The molecule has 2 aromatic rings. The lowest BCUT2D eigenvalue weighted by molar-refractivity contribution is 0.851. The molecule has 0 saturated carbocycles. The van der Waals surface area contributed by atoms with E-state index in [1.165, 1.54) is 0 Å². The Morgan fingerprint density at radius 3 is 2.71 bits per heavy atom. The molecular weight excluding hydrogens is 174 g/mol. The van der Waals surface area contributed by atoms with Crippen molar-refractivity contribution in [2.45, 2.75) is 20.8 Å². The van der Waals surface area contributed by atoms with Gasteiger partial charge in [-0.25, -0.2) is 9.66 Å². The molecule has 0 fully saturated rings. The minimum Gasteiger partial charge on any atom is -0.232 e. The van der Waals surface area contributed by atoms with Gasteiger partial charge in [-0.1, -0.05) is 12.1 Å². The molecule has 72 valence electrons. The second-order valence-electron chi connectivity index (χ2n) is 3.51. The summed E-state index contributed by atoms with van der Waals surface area (Å²) < 4.78 is 1.88. The van der Waals surface area contributed by atoms with E-state index in [1.807, 2.05) is 49.7 Å². The first kappa shape index (κ1) is 8.94. The van der Waals surface area contributed by atoms with E-state index in [1.54, 1.807) is 0 Å². The molecule has 0 aliphatic rings. The minimum absolute atomic E-state index is 0.924. The van der Waals surface area contributed by atoms with Gasteiger partial charge in [-0.2, -0.15) is 5.10 Å². The van der Waals surface area contributed by atoms with Crippen molar-refractivity contribution in [3.63, 3.8) is 0 Å². The molecule has 2 rings (SSSR count). The van der Waals surface area contributed by atoms with Crippen LogP contribution in [0, 0.1) is 6.92 Å². The Hall–Kier alpha value is -1.64. The van der Waals surface area contributed by atoms with Gasteiger partial charge in [-0.05, 0) is 32.9 Å². The fourth-order valence-corrected chi connectivity index (χ4v) is 1.46. The summed E-state index contributed by atoms with van der Waals surface area (Å²) in [5.41, 5.74) is 3.08. The molecule has 1 heterocycles. The van der Waals surface area contributed by atoms with Crippen molar-refractivity contribution in [3.8, 4) is 0 Å². The van der Waals surface area contributed by atoms with Crippen LogP contribution in [-0.4, -0.2) is 15.4 Å². The van der Waals surface area contributed by atoms with Gasteiger partial charge in [0.1, 0.15) is 5.82 Å². The van der Waals surface area contributed by atoms with Crippen LogP contribution in [0.1, 0.15) is 19.7 Å². The van der Waals surface area contributed by atoms with Gasteiger partial charge in [0.15, 0.2) is 0 Å². The Balaban J connectivity index is 2.74. The van der Waals surface area contributed by atoms with Crippen molar-refractivity contribution < 1.29 is 0 Å². The highest BCUT2D eigenvalue weighted by atomic mass is 15.4. The number of aryl methyl sites for hydroxylation is 1. The summed E-state index contributed by atoms with van der Waals surface area (Å²) in [6.07, 6.45) is 0. The predicted octanol–water partition coefficient (Wildman–Crippen LogP) is 2.59. The maximum atomic E-state index is 4.42. The maximum Gasteiger partial charge on any atom is 0.128 e. The molecule has 0 spiro atoms. The largest absolute Gasteiger partial charge is 0.232 e. The van der Waals surface area contributed by atoms with Crippen molar-refractivity contribution in [1.29, 1.82) is 0 Å². The molecule has 0 amide bonds. The van der Waals surface area contributed by atoms with Gasteiger partial charge in [-0.3, -0.25) is 0 Å². The van der Waals surface area contributed by atoms with Crippen molar-refractivity contribution in [1.82, 2.24) is 9.66 Å². The molecule has 0 atom stereocenters. The molecule has 1 aromatic carbocycles. The molecule has 0 bridgehead atoms. The number of fused-ring (bicyclic) bond motifs is 1. The first-order valence-corrected chi connectivity index (χ1v) is 4.65. The molecule has 3 nitrogen and oxygen atoms in total. The van der Waals surface area contributed by atoms with Crippen molar-refractivity contribution in [2.75, 3.05) is 0 Å². The van der Waals surface area contributed by atoms with Crippen molar-refractivity contribution >= 4 is 16.7 Å². The van der Waals surface area contributed by atoms with Gasteiger partial charge in [0.2, 0.25) is 0 Å². The van der Waals surface area contributed by atoms with Crippen LogP contribution in [-0.2, 0) is 0 Å². The van der Waals surface area contributed by atoms with E-state index in [9.17, 15) is 0 Å². The second-order valence-corrected chi connectivity index (χ2v) is 3.51. The lowest BCUT2D eigenvalue weighted by Crippen LogP contribution is -1.95. The SMILES string of the molecule is CC(C)=Nn1c(C)nc2ccccc21. The van der Waals surface area contributed by atoms with Crippen LogP contribution in [0.2, 0.25) is 0 Å². The summed E-state index contributed by atoms with van der Waals surface area (Å²) in [4.78, 5) is 4.42. The third kappa shape index (κ3) is 1.41. The van der Waals surface area contributed by atoms with Crippen LogP contribution < -0.4 is 0 Å². The molecule has 14 heavy (non-hydrogen) atoms. The number of hydrogen-bond acceptors (Lipinski definition) is 2. The molecule has 3 heteroatoms. The van der Waals surface area contributed by atoms with Gasteiger partial charge in [0, 0.05) is 5.71 Å². The van der Waals surface area contributed by atoms with Gasteiger partial charge in [-0.15, -0.1) is 0 Å². The van der Waals surface area contributed by atoms with E-state index >= 15 is 0 Å². The molecule has 0 N–H and O–H groups in total. The molecule has 0 aliphatic carbocycles. The van der Waals surface area contributed by atoms with Crippen molar-refractivity contribution in [3.05, 3.63) is 30.1 Å². The van der Waals surface area contributed by atoms with Gasteiger partial charge < -0.3 is 0 Å². The van der Waals surface area contributed by atoms with Crippen LogP contribution in [0.15, 0.2) is 29.4 Å². The number of hydrogen-bond donors (Lipinski definition) is 0. The quantitative estimate of drug-likeness (QED) is 0.631. The summed E-state index contributed by atoms with van der Waals surface area (Å²) in [5, 5.41) is 4.42. The van der Waals surface area contributed by atoms with E-state index in [0.717, 1.165) is 22.6 Å².